The first kappa shape index (κ1) is 17.5. The predicted octanol–water partition coefficient (Wildman–Crippen LogP) is 1.33. The molecule has 6 heteroatoms. The second-order valence-electron chi connectivity index (χ2n) is 6.79. The van der Waals surface area contributed by atoms with E-state index in [0.717, 1.165) is 55.1 Å². The fourth-order valence-corrected chi connectivity index (χ4v) is 3.71. The van der Waals surface area contributed by atoms with E-state index in [-0.39, 0.29) is 5.97 Å². The molecule has 6 nitrogen and oxygen atoms in total. The molecule has 2 aromatic heterocycles. The number of rotatable bonds is 5. The number of H-pyrrole nitrogens is 1. The molecule has 3 aromatic rings. The van der Waals surface area contributed by atoms with Gasteiger partial charge in [-0.25, -0.2) is 9.78 Å². The number of aromatic amines is 1. The maximum atomic E-state index is 12.4. The first-order chi connectivity index (χ1) is 13.3. The Morgan fingerprint density at radius 3 is 2.70 bits per heavy atom. The Kier molecular flexibility index (Phi) is 5.07. The van der Waals surface area contributed by atoms with Crippen LogP contribution in [0.4, 0.5) is 5.82 Å². The van der Waals surface area contributed by atoms with Crippen molar-refractivity contribution in [1.82, 2.24) is 0 Å². The average Bonchev–Trinajstić information content (AvgIpc) is 3.08. The van der Waals surface area contributed by atoms with Crippen molar-refractivity contribution in [3.8, 4) is 0 Å². The number of pyridine rings is 1. The summed E-state index contributed by atoms with van der Waals surface area (Å²) in [6.07, 6.45) is 1.96. The predicted molar refractivity (Wildman–Crippen MR) is 102 cm³/mol. The van der Waals surface area contributed by atoms with Crippen LogP contribution in [0, 0.1) is 0 Å². The van der Waals surface area contributed by atoms with Crippen molar-refractivity contribution in [2.24, 2.45) is 0 Å². The molecule has 0 radical (unpaired) electrons. The fraction of sp³-hybridized carbons (Fsp3) is 0.333. The molecule has 1 aromatic carbocycles. The van der Waals surface area contributed by atoms with E-state index in [1.165, 1.54) is 4.90 Å². The second kappa shape index (κ2) is 7.80. The van der Waals surface area contributed by atoms with E-state index < -0.39 is 0 Å². The van der Waals surface area contributed by atoms with Crippen LogP contribution in [0.3, 0.4) is 0 Å². The second-order valence-corrected chi connectivity index (χ2v) is 6.79. The van der Waals surface area contributed by atoms with Crippen molar-refractivity contribution in [2.45, 2.75) is 13.5 Å². The van der Waals surface area contributed by atoms with Gasteiger partial charge in [0.2, 0.25) is 5.76 Å². The summed E-state index contributed by atoms with van der Waals surface area (Å²) in [5.74, 6) is 1.13. The van der Waals surface area contributed by atoms with E-state index in [1.807, 2.05) is 49.5 Å². The van der Waals surface area contributed by atoms with Gasteiger partial charge in [-0.3, -0.25) is 4.90 Å². The van der Waals surface area contributed by atoms with Crippen molar-refractivity contribution < 1.29 is 23.8 Å². The summed E-state index contributed by atoms with van der Waals surface area (Å²) in [4.78, 5) is 19.5. The lowest BCUT2D eigenvalue weighted by atomic mass is 10.1. The van der Waals surface area contributed by atoms with Crippen LogP contribution in [-0.2, 0) is 11.3 Å². The summed E-state index contributed by atoms with van der Waals surface area (Å²) in [7, 11) is 0. The number of para-hydroxylation sites is 1. The molecule has 140 valence electrons. The zero-order valence-electron chi connectivity index (χ0n) is 15.5. The molecule has 0 unspecified atom stereocenters. The topological polar surface area (TPSA) is 61.3 Å². The van der Waals surface area contributed by atoms with E-state index in [1.54, 1.807) is 0 Å². The number of benzene rings is 1. The van der Waals surface area contributed by atoms with Crippen LogP contribution in [0.2, 0.25) is 0 Å². The standard InChI is InChI=1S/C21H23N3O3/c1-2-26-21(25)20-17(16-7-3-4-8-18(16)27-20)15-23-11-13-24(14-12-23)19-9-5-6-10-22-19/h3-10H,2,11-15H2,1H3/p+2. The van der Waals surface area contributed by atoms with Crippen LogP contribution in [0.5, 0.6) is 0 Å². The molecular weight excluding hydrogens is 342 g/mol. The summed E-state index contributed by atoms with van der Waals surface area (Å²) in [6.45, 7) is 6.87. The van der Waals surface area contributed by atoms with Gasteiger partial charge in [-0.15, -0.1) is 0 Å². The minimum absolute atomic E-state index is 0.342. The Morgan fingerprint density at radius 1 is 1.19 bits per heavy atom. The normalized spacial score (nSPS) is 15.2. The van der Waals surface area contributed by atoms with E-state index in [4.69, 9.17) is 9.15 Å². The maximum Gasteiger partial charge on any atom is 0.374 e. The Morgan fingerprint density at radius 2 is 1.96 bits per heavy atom. The van der Waals surface area contributed by atoms with Crippen LogP contribution in [0.15, 0.2) is 53.1 Å². The lowest BCUT2D eigenvalue weighted by Crippen LogP contribution is -3.13. The summed E-state index contributed by atoms with van der Waals surface area (Å²) < 4.78 is 11.1. The van der Waals surface area contributed by atoms with Crippen LogP contribution in [0.25, 0.3) is 11.0 Å². The minimum Gasteiger partial charge on any atom is -0.460 e. The van der Waals surface area contributed by atoms with Crippen molar-refractivity contribution in [3.05, 3.63) is 60.0 Å². The van der Waals surface area contributed by atoms with Gasteiger partial charge in [-0.05, 0) is 19.1 Å². The molecule has 0 spiro atoms. The number of furan rings is 1. The molecule has 3 heterocycles. The zero-order valence-corrected chi connectivity index (χ0v) is 15.5. The Labute approximate surface area is 158 Å². The van der Waals surface area contributed by atoms with Gasteiger partial charge >= 0.3 is 5.97 Å². The number of fused-ring (bicyclic) bond motifs is 1. The number of hydrogen-bond acceptors (Lipinski definition) is 4. The number of aromatic nitrogens is 1. The highest BCUT2D eigenvalue weighted by Crippen LogP contribution is 2.26. The van der Waals surface area contributed by atoms with E-state index in [9.17, 15) is 4.79 Å². The Hall–Kier alpha value is -2.86. The molecule has 4 rings (SSSR count). The zero-order chi connectivity index (χ0) is 18.6. The largest absolute Gasteiger partial charge is 0.460 e. The van der Waals surface area contributed by atoms with Gasteiger partial charge in [0.25, 0.3) is 5.82 Å². The lowest BCUT2D eigenvalue weighted by Gasteiger charge is -2.28. The molecule has 1 aliphatic rings. The summed E-state index contributed by atoms with van der Waals surface area (Å²) in [5, 5.41) is 1.01. The highest BCUT2D eigenvalue weighted by Gasteiger charge is 2.29. The summed E-state index contributed by atoms with van der Waals surface area (Å²) in [5.41, 5.74) is 1.70. The number of quaternary nitrogens is 1. The molecule has 1 fully saturated rings. The number of ether oxygens (including phenoxy) is 1. The monoisotopic (exact) mass is 367 g/mol. The third-order valence-electron chi connectivity index (χ3n) is 5.09. The smallest absolute Gasteiger partial charge is 0.374 e. The number of piperazine rings is 1. The van der Waals surface area contributed by atoms with E-state index in [2.05, 4.69) is 16.0 Å². The highest BCUT2D eigenvalue weighted by atomic mass is 16.5. The minimum atomic E-state index is -0.374. The van der Waals surface area contributed by atoms with Crippen molar-refractivity contribution in [2.75, 3.05) is 37.7 Å². The van der Waals surface area contributed by atoms with Gasteiger partial charge in [0, 0.05) is 11.5 Å². The van der Waals surface area contributed by atoms with Gasteiger partial charge in [0.05, 0.1) is 18.4 Å². The third kappa shape index (κ3) is 3.66. The maximum absolute atomic E-state index is 12.4. The number of nitrogens with one attached hydrogen (secondary N) is 2. The number of nitrogens with zero attached hydrogens (tertiary/aromatic N) is 1. The Balaban J connectivity index is 1.52. The van der Waals surface area contributed by atoms with Gasteiger partial charge < -0.3 is 14.1 Å². The number of hydrogen-bond donors (Lipinski definition) is 1. The molecule has 0 atom stereocenters. The molecule has 1 saturated heterocycles. The number of carbonyl (C=O) groups is 1. The van der Waals surface area contributed by atoms with Gasteiger partial charge in [-0.1, -0.05) is 24.3 Å². The molecule has 0 saturated carbocycles. The lowest BCUT2D eigenvalue weighted by molar-refractivity contribution is -0.914. The number of esters is 1. The molecule has 27 heavy (non-hydrogen) atoms. The average molecular weight is 367 g/mol. The SMILES string of the molecule is CCOC(=O)c1oc2ccccc2c1C[NH+]1CCN(c2cccc[nH+]2)CC1. The van der Waals surface area contributed by atoms with Gasteiger partial charge in [-0.2, -0.15) is 0 Å². The van der Waals surface area contributed by atoms with E-state index >= 15 is 0 Å². The highest BCUT2D eigenvalue weighted by molar-refractivity contribution is 5.96. The van der Waals surface area contributed by atoms with Gasteiger partial charge in [0.15, 0.2) is 0 Å². The fourth-order valence-electron chi connectivity index (χ4n) is 3.71. The Bertz CT molecular complexity index is 915. The molecule has 0 aliphatic carbocycles. The molecular formula is C21H25N3O3+2. The molecule has 0 amide bonds. The molecule has 1 aliphatic heterocycles. The first-order valence-electron chi connectivity index (χ1n) is 9.49. The van der Waals surface area contributed by atoms with Crippen molar-refractivity contribution >= 4 is 22.8 Å². The molecule has 0 bridgehead atoms. The van der Waals surface area contributed by atoms with Crippen molar-refractivity contribution in [3.63, 3.8) is 0 Å². The van der Waals surface area contributed by atoms with Gasteiger partial charge in [0.1, 0.15) is 38.3 Å². The third-order valence-corrected chi connectivity index (χ3v) is 5.09. The van der Waals surface area contributed by atoms with Crippen LogP contribution in [0.1, 0.15) is 23.0 Å². The van der Waals surface area contributed by atoms with Crippen LogP contribution < -0.4 is 14.8 Å². The van der Waals surface area contributed by atoms with Crippen molar-refractivity contribution in [1.29, 1.82) is 0 Å². The number of anilines is 1. The summed E-state index contributed by atoms with van der Waals surface area (Å²) >= 11 is 0. The van der Waals surface area contributed by atoms with Crippen LogP contribution >= 0.6 is 0 Å². The molecule has 2 N–H and O–H groups in total. The summed E-state index contributed by atoms with van der Waals surface area (Å²) in [6, 6.07) is 14.0. The quantitative estimate of drug-likeness (QED) is 0.691. The van der Waals surface area contributed by atoms with E-state index in [0.29, 0.717) is 12.4 Å². The van der Waals surface area contributed by atoms with Crippen LogP contribution in [-0.4, -0.2) is 38.8 Å². The first-order valence-corrected chi connectivity index (χ1v) is 9.49. The number of carbonyl (C=O) groups excluding carboxylic acids is 1.